The number of likely N-dealkylation sites (tertiary alicyclic amines) is 1. The molecule has 1 saturated heterocycles. The molecule has 1 N–H and O–H groups in total. The molecule has 174 valence electrons. The first kappa shape index (κ1) is 23.0. The predicted octanol–water partition coefficient (Wildman–Crippen LogP) is 5.58. The molecule has 2 atom stereocenters. The molecule has 4 rings (SSSR count). The lowest BCUT2D eigenvalue weighted by molar-refractivity contribution is -0.126. The van der Waals surface area contributed by atoms with Crippen molar-refractivity contribution in [1.29, 1.82) is 0 Å². The number of aliphatic imine (C=N–C) groups is 1. The number of amides is 1. The average Bonchev–Trinajstić information content (AvgIpc) is 3.33. The van der Waals surface area contributed by atoms with Crippen molar-refractivity contribution in [3.05, 3.63) is 83.0 Å². The number of aliphatic hydroxyl groups excluding tert-OH is 1. The quantitative estimate of drug-likeness (QED) is 0.601. The molecule has 0 saturated carbocycles. The SMILES string of the molecule is CCCCC1=NC(O)=C(C(=O)N2CC[C@@H](c3ccccc3)C2)CN1[C@@H](C)c1ccc(F)cc1. The molecule has 2 aliphatic rings. The standard InChI is InChI=1S/C27H32FN3O2/c1-3-4-10-25-29-26(32)24(18-31(25)19(2)20-11-13-23(28)14-12-20)27(33)30-16-15-22(17-30)21-8-6-5-7-9-21/h5-9,11-14,19,22,32H,3-4,10,15-18H2,1-2H3/t19-,22+/m0/s1. The van der Waals surface area contributed by atoms with E-state index in [4.69, 9.17) is 0 Å². The number of unbranched alkanes of at least 4 members (excludes halogenated alkanes) is 1. The van der Waals surface area contributed by atoms with E-state index in [2.05, 4.69) is 28.9 Å². The first-order chi connectivity index (χ1) is 16.0. The molecule has 5 nitrogen and oxygen atoms in total. The van der Waals surface area contributed by atoms with Gasteiger partial charge in [0.25, 0.3) is 5.91 Å². The van der Waals surface area contributed by atoms with Gasteiger partial charge in [0, 0.05) is 25.4 Å². The van der Waals surface area contributed by atoms with Crippen molar-refractivity contribution in [2.24, 2.45) is 4.99 Å². The van der Waals surface area contributed by atoms with Gasteiger partial charge < -0.3 is 14.9 Å². The summed E-state index contributed by atoms with van der Waals surface area (Å²) in [4.78, 5) is 21.8. The summed E-state index contributed by atoms with van der Waals surface area (Å²) in [6.45, 7) is 5.73. The van der Waals surface area contributed by atoms with Gasteiger partial charge in [0.15, 0.2) is 0 Å². The van der Waals surface area contributed by atoms with Gasteiger partial charge in [-0.25, -0.2) is 9.38 Å². The Kier molecular flexibility index (Phi) is 7.11. The van der Waals surface area contributed by atoms with Crippen LogP contribution in [0.15, 0.2) is 71.0 Å². The van der Waals surface area contributed by atoms with Gasteiger partial charge in [0.1, 0.15) is 11.7 Å². The fraction of sp³-hybridized carbons (Fsp3) is 0.407. The molecule has 0 spiro atoms. The van der Waals surface area contributed by atoms with Crippen LogP contribution in [0.3, 0.4) is 0 Å². The number of carbonyl (C=O) groups excluding carboxylic acids is 1. The predicted molar refractivity (Wildman–Crippen MR) is 129 cm³/mol. The first-order valence-corrected chi connectivity index (χ1v) is 11.8. The molecule has 0 unspecified atom stereocenters. The van der Waals surface area contributed by atoms with Crippen LogP contribution in [-0.4, -0.2) is 46.3 Å². The van der Waals surface area contributed by atoms with E-state index >= 15 is 0 Å². The Labute approximate surface area is 195 Å². The average molecular weight is 450 g/mol. The third kappa shape index (κ3) is 5.10. The lowest BCUT2D eigenvalue weighted by Gasteiger charge is -2.36. The molecule has 6 heteroatoms. The molecule has 33 heavy (non-hydrogen) atoms. The Balaban J connectivity index is 1.55. The van der Waals surface area contributed by atoms with Gasteiger partial charge in [-0.1, -0.05) is 55.8 Å². The minimum absolute atomic E-state index is 0.104. The highest BCUT2D eigenvalue weighted by Crippen LogP contribution is 2.31. The summed E-state index contributed by atoms with van der Waals surface area (Å²) in [5.41, 5.74) is 2.51. The van der Waals surface area contributed by atoms with Crippen molar-refractivity contribution in [3.8, 4) is 0 Å². The summed E-state index contributed by atoms with van der Waals surface area (Å²) in [5.74, 6) is 0.475. The molecular formula is C27H32FN3O2. The van der Waals surface area contributed by atoms with E-state index in [-0.39, 0.29) is 30.2 Å². The molecule has 1 fully saturated rings. The van der Waals surface area contributed by atoms with Crippen LogP contribution in [0.5, 0.6) is 0 Å². The van der Waals surface area contributed by atoms with Gasteiger partial charge in [-0.05, 0) is 43.0 Å². The number of halogens is 1. The summed E-state index contributed by atoms with van der Waals surface area (Å²) in [6.07, 6.45) is 3.56. The number of benzene rings is 2. The van der Waals surface area contributed by atoms with Crippen molar-refractivity contribution < 1.29 is 14.3 Å². The fourth-order valence-electron chi connectivity index (χ4n) is 4.70. The van der Waals surface area contributed by atoms with E-state index in [9.17, 15) is 14.3 Å². The van der Waals surface area contributed by atoms with Crippen LogP contribution >= 0.6 is 0 Å². The second-order valence-electron chi connectivity index (χ2n) is 8.94. The summed E-state index contributed by atoms with van der Waals surface area (Å²) in [5, 5.41) is 10.7. The van der Waals surface area contributed by atoms with Crippen LogP contribution in [0, 0.1) is 5.82 Å². The van der Waals surface area contributed by atoms with Gasteiger partial charge in [-0.3, -0.25) is 4.79 Å². The van der Waals surface area contributed by atoms with Crippen LogP contribution in [0.4, 0.5) is 4.39 Å². The minimum Gasteiger partial charge on any atom is -0.493 e. The van der Waals surface area contributed by atoms with Gasteiger partial charge in [-0.15, -0.1) is 0 Å². The zero-order valence-electron chi connectivity index (χ0n) is 19.4. The number of amidine groups is 1. The normalized spacial score (nSPS) is 19.6. The summed E-state index contributed by atoms with van der Waals surface area (Å²) in [6, 6.07) is 16.6. The van der Waals surface area contributed by atoms with Crippen molar-refractivity contribution in [1.82, 2.24) is 9.80 Å². The van der Waals surface area contributed by atoms with Crippen LogP contribution in [0.1, 0.15) is 62.6 Å². The van der Waals surface area contributed by atoms with Crippen molar-refractivity contribution in [2.75, 3.05) is 19.6 Å². The molecular weight excluding hydrogens is 417 g/mol. The van der Waals surface area contributed by atoms with E-state index in [0.717, 1.165) is 30.7 Å². The summed E-state index contributed by atoms with van der Waals surface area (Å²) >= 11 is 0. The molecule has 0 aliphatic carbocycles. The minimum atomic E-state index is -0.278. The van der Waals surface area contributed by atoms with Crippen LogP contribution in [0.25, 0.3) is 0 Å². The molecule has 0 aromatic heterocycles. The summed E-state index contributed by atoms with van der Waals surface area (Å²) in [7, 11) is 0. The topological polar surface area (TPSA) is 56.1 Å². The lowest BCUT2D eigenvalue weighted by Crippen LogP contribution is -2.42. The van der Waals surface area contributed by atoms with Gasteiger partial charge >= 0.3 is 0 Å². The number of aliphatic hydroxyl groups is 1. The highest BCUT2D eigenvalue weighted by molar-refractivity contribution is 5.97. The molecule has 2 aromatic carbocycles. The fourth-order valence-corrected chi connectivity index (χ4v) is 4.70. The first-order valence-electron chi connectivity index (χ1n) is 11.8. The third-order valence-electron chi connectivity index (χ3n) is 6.74. The molecule has 2 heterocycles. The molecule has 0 bridgehead atoms. The second-order valence-corrected chi connectivity index (χ2v) is 8.94. The highest BCUT2D eigenvalue weighted by Gasteiger charge is 2.34. The number of hydrogen-bond donors (Lipinski definition) is 1. The van der Waals surface area contributed by atoms with Gasteiger partial charge in [0.2, 0.25) is 5.88 Å². The largest absolute Gasteiger partial charge is 0.493 e. The van der Waals surface area contributed by atoms with E-state index < -0.39 is 0 Å². The Morgan fingerprint density at radius 2 is 1.91 bits per heavy atom. The van der Waals surface area contributed by atoms with E-state index in [1.165, 1.54) is 17.7 Å². The number of nitrogens with zero attached hydrogens (tertiary/aromatic N) is 3. The zero-order valence-corrected chi connectivity index (χ0v) is 19.4. The molecule has 2 aromatic rings. The van der Waals surface area contributed by atoms with Crippen LogP contribution in [0.2, 0.25) is 0 Å². The lowest BCUT2D eigenvalue weighted by atomic mass is 9.99. The van der Waals surface area contributed by atoms with Crippen molar-refractivity contribution in [2.45, 2.75) is 51.5 Å². The summed E-state index contributed by atoms with van der Waals surface area (Å²) < 4.78 is 13.5. The highest BCUT2D eigenvalue weighted by atomic mass is 19.1. The van der Waals surface area contributed by atoms with Crippen LogP contribution in [-0.2, 0) is 4.79 Å². The Morgan fingerprint density at radius 3 is 2.61 bits per heavy atom. The Bertz CT molecular complexity index is 1030. The van der Waals surface area contributed by atoms with Crippen molar-refractivity contribution >= 4 is 11.7 Å². The van der Waals surface area contributed by atoms with E-state index in [1.54, 1.807) is 12.1 Å². The van der Waals surface area contributed by atoms with Gasteiger partial charge in [0.05, 0.1) is 18.2 Å². The zero-order chi connectivity index (χ0) is 23.4. The van der Waals surface area contributed by atoms with E-state index in [0.29, 0.717) is 31.0 Å². The Morgan fingerprint density at radius 1 is 1.18 bits per heavy atom. The third-order valence-corrected chi connectivity index (χ3v) is 6.74. The smallest absolute Gasteiger partial charge is 0.257 e. The van der Waals surface area contributed by atoms with Gasteiger partial charge in [-0.2, -0.15) is 0 Å². The maximum Gasteiger partial charge on any atom is 0.257 e. The number of hydrogen-bond acceptors (Lipinski definition) is 4. The molecule has 2 aliphatic heterocycles. The maximum absolute atomic E-state index is 13.5. The Hall–Kier alpha value is -3.15. The van der Waals surface area contributed by atoms with Crippen molar-refractivity contribution in [3.63, 3.8) is 0 Å². The van der Waals surface area contributed by atoms with Crippen LogP contribution < -0.4 is 0 Å². The molecule has 1 amide bonds. The number of carbonyl (C=O) groups is 1. The maximum atomic E-state index is 13.5. The second kappa shape index (κ2) is 10.2. The van der Waals surface area contributed by atoms with E-state index in [1.807, 2.05) is 30.0 Å². The number of rotatable bonds is 7. The molecule has 0 radical (unpaired) electrons. The monoisotopic (exact) mass is 449 g/mol.